The number of likely N-dealkylation sites (tertiary alicyclic amines) is 2. The summed E-state index contributed by atoms with van der Waals surface area (Å²) in [6.07, 6.45) is 8.00. The lowest BCUT2D eigenvalue weighted by Gasteiger charge is -2.25. The molecule has 1 aliphatic carbocycles. The molecule has 1 aromatic carbocycles. The SMILES string of the molecule is Cc1ncnc(C)c1C(=O)N1CC2CN(CCC(NC(=O)CC3CCCC3)c3ccccc3)CC2C1. The molecule has 3 unspecified atom stereocenters. The smallest absolute Gasteiger partial charge is 0.257 e. The van der Waals surface area contributed by atoms with Crippen LogP contribution in [0.4, 0.5) is 0 Å². The van der Waals surface area contributed by atoms with E-state index in [2.05, 4.69) is 44.5 Å². The zero-order valence-corrected chi connectivity index (χ0v) is 21.7. The molecule has 7 nitrogen and oxygen atoms in total. The predicted octanol–water partition coefficient (Wildman–Crippen LogP) is 3.93. The molecule has 3 heterocycles. The summed E-state index contributed by atoms with van der Waals surface area (Å²) in [4.78, 5) is 39.0. The molecule has 7 heteroatoms. The van der Waals surface area contributed by atoms with Gasteiger partial charge in [0.1, 0.15) is 6.33 Å². The monoisotopic (exact) mass is 489 g/mol. The third-order valence-electron chi connectivity index (χ3n) is 8.51. The number of nitrogens with one attached hydrogen (secondary N) is 1. The fourth-order valence-electron chi connectivity index (χ4n) is 6.55. The summed E-state index contributed by atoms with van der Waals surface area (Å²) in [5.41, 5.74) is 3.36. The average Bonchev–Trinajstić information content (AvgIpc) is 3.59. The van der Waals surface area contributed by atoms with Crippen molar-refractivity contribution in [3.8, 4) is 0 Å². The van der Waals surface area contributed by atoms with E-state index in [1.807, 2.05) is 24.8 Å². The molecule has 192 valence electrons. The molecule has 1 aromatic heterocycles. The molecule has 0 bridgehead atoms. The third kappa shape index (κ3) is 5.61. The summed E-state index contributed by atoms with van der Waals surface area (Å²) < 4.78 is 0. The van der Waals surface area contributed by atoms with Crippen LogP contribution in [0.5, 0.6) is 0 Å². The Morgan fingerprint density at radius 3 is 2.25 bits per heavy atom. The molecule has 3 aliphatic rings. The van der Waals surface area contributed by atoms with Gasteiger partial charge < -0.3 is 15.1 Å². The van der Waals surface area contributed by atoms with Crippen LogP contribution in [0, 0.1) is 31.6 Å². The highest BCUT2D eigenvalue weighted by atomic mass is 16.2. The van der Waals surface area contributed by atoms with E-state index in [1.54, 1.807) is 0 Å². The summed E-state index contributed by atoms with van der Waals surface area (Å²) in [6.45, 7) is 8.34. The normalized spacial score (nSPS) is 23.1. The van der Waals surface area contributed by atoms with Crippen LogP contribution in [0.15, 0.2) is 36.7 Å². The molecule has 3 atom stereocenters. The first-order chi connectivity index (χ1) is 17.5. The van der Waals surface area contributed by atoms with Crippen molar-refractivity contribution in [2.75, 3.05) is 32.7 Å². The molecule has 3 fully saturated rings. The lowest BCUT2D eigenvalue weighted by molar-refractivity contribution is -0.122. The van der Waals surface area contributed by atoms with Gasteiger partial charge in [-0.05, 0) is 56.4 Å². The lowest BCUT2D eigenvalue weighted by atomic mass is 10.0. The molecular formula is C29H39N5O2. The van der Waals surface area contributed by atoms with Crippen molar-refractivity contribution >= 4 is 11.8 Å². The average molecular weight is 490 g/mol. The van der Waals surface area contributed by atoms with Crippen molar-refractivity contribution < 1.29 is 9.59 Å². The second kappa shape index (κ2) is 11.1. The van der Waals surface area contributed by atoms with Gasteiger partial charge >= 0.3 is 0 Å². The van der Waals surface area contributed by atoms with E-state index >= 15 is 0 Å². The molecule has 1 saturated carbocycles. The lowest BCUT2D eigenvalue weighted by Crippen LogP contribution is -2.36. The topological polar surface area (TPSA) is 78.4 Å². The van der Waals surface area contributed by atoms with Crippen LogP contribution in [0.2, 0.25) is 0 Å². The fraction of sp³-hybridized carbons (Fsp3) is 0.586. The molecule has 2 aliphatic heterocycles. The van der Waals surface area contributed by atoms with Crippen molar-refractivity contribution in [3.05, 3.63) is 59.2 Å². The number of rotatable bonds is 8. The molecule has 2 amide bonds. The molecule has 0 spiro atoms. The minimum atomic E-state index is 0.0441. The second-order valence-corrected chi connectivity index (χ2v) is 11.1. The first kappa shape index (κ1) is 24.9. The van der Waals surface area contributed by atoms with Gasteiger partial charge in [-0.15, -0.1) is 0 Å². The van der Waals surface area contributed by atoms with Gasteiger partial charge in [-0.2, -0.15) is 0 Å². The highest BCUT2D eigenvalue weighted by molar-refractivity contribution is 5.96. The second-order valence-electron chi connectivity index (χ2n) is 11.1. The van der Waals surface area contributed by atoms with Crippen molar-refractivity contribution in [1.29, 1.82) is 0 Å². The number of carbonyl (C=O) groups excluding carboxylic acids is 2. The first-order valence-corrected chi connectivity index (χ1v) is 13.6. The summed E-state index contributed by atoms with van der Waals surface area (Å²) in [6, 6.07) is 10.4. The number of hydrogen-bond donors (Lipinski definition) is 1. The number of amides is 2. The van der Waals surface area contributed by atoms with E-state index in [0.29, 0.717) is 29.7 Å². The van der Waals surface area contributed by atoms with Crippen LogP contribution >= 0.6 is 0 Å². The van der Waals surface area contributed by atoms with Gasteiger partial charge in [0.25, 0.3) is 5.91 Å². The fourth-order valence-corrected chi connectivity index (χ4v) is 6.55. The van der Waals surface area contributed by atoms with Crippen LogP contribution in [-0.2, 0) is 4.79 Å². The number of benzene rings is 1. The van der Waals surface area contributed by atoms with Gasteiger partial charge in [-0.1, -0.05) is 43.2 Å². The Morgan fingerprint density at radius 2 is 1.61 bits per heavy atom. The Hall–Kier alpha value is -2.80. The van der Waals surface area contributed by atoms with Gasteiger partial charge in [-0.25, -0.2) is 9.97 Å². The molecule has 2 saturated heterocycles. The summed E-state index contributed by atoms with van der Waals surface area (Å²) in [5, 5.41) is 3.35. The van der Waals surface area contributed by atoms with E-state index in [1.165, 1.54) is 37.6 Å². The Balaban J connectivity index is 1.15. The van der Waals surface area contributed by atoms with Gasteiger partial charge in [0.05, 0.1) is 23.0 Å². The van der Waals surface area contributed by atoms with E-state index in [9.17, 15) is 9.59 Å². The molecule has 2 aromatic rings. The van der Waals surface area contributed by atoms with Crippen LogP contribution < -0.4 is 5.32 Å². The van der Waals surface area contributed by atoms with Crippen LogP contribution in [0.3, 0.4) is 0 Å². The van der Waals surface area contributed by atoms with Gasteiger partial charge in [0.2, 0.25) is 5.91 Å². The minimum Gasteiger partial charge on any atom is -0.349 e. The standard InChI is InChI=1S/C29H39N5O2/c1-20-28(21(2)31-19-30-20)29(36)34-17-24-15-33(16-25(24)18-34)13-12-26(23-10-4-3-5-11-23)32-27(35)14-22-8-6-7-9-22/h3-5,10-11,19,22,24-26H,6-9,12-18H2,1-2H3,(H,32,35). The maximum atomic E-state index is 13.2. The zero-order chi connectivity index (χ0) is 25.1. The van der Waals surface area contributed by atoms with Crippen molar-refractivity contribution in [1.82, 2.24) is 25.1 Å². The predicted molar refractivity (Wildman–Crippen MR) is 139 cm³/mol. The Kier molecular flexibility index (Phi) is 7.65. The molecule has 36 heavy (non-hydrogen) atoms. The first-order valence-electron chi connectivity index (χ1n) is 13.6. The van der Waals surface area contributed by atoms with E-state index < -0.39 is 0 Å². The van der Waals surface area contributed by atoms with E-state index in [0.717, 1.165) is 50.5 Å². The number of fused-ring (bicyclic) bond motifs is 1. The summed E-state index contributed by atoms with van der Waals surface area (Å²) >= 11 is 0. The minimum absolute atomic E-state index is 0.0441. The van der Waals surface area contributed by atoms with Crippen LogP contribution in [0.1, 0.15) is 71.9 Å². The number of hydrogen-bond acceptors (Lipinski definition) is 5. The van der Waals surface area contributed by atoms with Gasteiger partial charge in [-0.3, -0.25) is 9.59 Å². The summed E-state index contributed by atoms with van der Waals surface area (Å²) in [7, 11) is 0. The van der Waals surface area contributed by atoms with Crippen molar-refractivity contribution in [2.45, 2.75) is 58.4 Å². The van der Waals surface area contributed by atoms with Gasteiger partial charge in [0, 0.05) is 39.1 Å². The number of carbonyl (C=O) groups is 2. The molecule has 0 radical (unpaired) electrons. The van der Waals surface area contributed by atoms with Crippen LogP contribution in [0.25, 0.3) is 0 Å². The highest BCUT2D eigenvalue weighted by Gasteiger charge is 2.42. The molecular weight excluding hydrogens is 450 g/mol. The number of aryl methyl sites for hydroxylation is 2. The third-order valence-corrected chi connectivity index (χ3v) is 8.51. The molecule has 5 rings (SSSR count). The zero-order valence-electron chi connectivity index (χ0n) is 21.7. The maximum Gasteiger partial charge on any atom is 0.257 e. The molecule has 1 N–H and O–H groups in total. The van der Waals surface area contributed by atoms with E-state index in [4.69, 9.17) is 0 Å². The van der Waals surface area contributed by atoms with E-state index in [-0.39, 0.29) is 17.9 Å². The quantitative estimate of drug-likeness (QED) is 0.608. The Morgan fingerprint density at radius 1 is 0.972 bits per heavy atom. The Bertz CT molecular complexity index is 1030. The Labute approximate surface area is 214 Å². The van der Waals surface area contributed by atoms with Crippen molar-refractivity contribution in [3.63, 3.8) is 0 Å². The highest BCUT2D eigenvalue weighted by Crippen LogP contribution is 2.33. The maximum absolute atomic E-state index is 13.2. The number of nitrogens with zero attached hydrogens (tertiary/aromatic N) is 4. The van der Waals surface area contributed by atoms with Crippen LogP contribution in [-0.4, -0.2) is 64.3 Å². The largest absolute Gasteiger partial charge is 0.349 e. The van der Waals surface area contributed by atoms with Gasteiger partial charge in [0.15, 0.2) is 0 Å². The number of aromatic nitrogens is 2. The summed E-state index contributed by atoms with van der Waals surface area (Å²) in [5.74, 6) is 1.83. The van der Waals surface area contributed by atoms with Crippen molar-refractivity contribution in [2.24, 2.45) is 17.8 Å².